The first-order valence-corrected chi connectivity index (χ1v) is 8.07. The van der Waals surface area contributed by atoms with E-state index in [0.717, 1.165) is 11.3 Å². The average Bonchev–Trinajstić information content (AvgIpc) is 2.78. The molecule has 1 aromatic rings. The summed E-state index contributed by atoms with van der Waals surface area (Å²) in [5.41, 5.74) is 0. The molecular weight excluding hydrogens is 288 g/mol. The number of aromatic carboxylic acids is 1. The molecule has 6 nitrogen and oxygen atoms in total. The first-order valence-electron chi connectivity index (χ1n) is 5.77. The van der Waals surface area contributed by atoms with Crippen molar-refractivity contribution in [3.8, 4) is 0 Å². The normalized spacial score (nSPS) is 12.3. The molecule has 0 saturated heterocycles. The summed E-state index contributed by atoms with van der Waals surface area (Å²) in [5.74, 6) is -1.12. The standard InChI is InChI=1S/C11H18N2O4S2/c1-8(2)13(3)7-6-12-19(16,17)10-5-4-9(18-10)11(14)15/h4-5,8,12H,6-7H2,1-3H3,(H,14,15). The SMILES string of the molecule is CC(C)N(C)CCNS(=O)(=O)c1ccc(C(=O)O)s1. The number of rotatable bonds is 7. The van der Waals surface area contributed by atoms with Gasteiger partial charge in [0.05, 0.1) is 0 Å². The molecule has 1 heterocycles. The van der Waals surface area contributed by atoms with Crippen LogP contribution in [0, 0.1) is 0 Å². The minimum absolute atomic E-state index is 0.0136. The first-order chi connectivity index (χ1) is 8.74. The van der Waals surface area contributed by atoms with E-state index in [4.69, 9.17) is 5.11 Å². The molecule has 0 aliphatic heterocycles. The van der Waals surface area contributed by atoms with Crippen LogP contribution in [-0.4, -0.2) is 50.6 Å². The fraction of sp³-hybridized carbons (Fsp3) is 0.545. The van der Waals surface area contributed by atoms with Gasteiger partial charge in [-0.15, -0.1) is 11.3 Å². The maximum Gasteiger partial charge on any atom is 0.345 e. The minimum atomic E-state index is -3.62. The van der Waals surface area contributed by atoms with Crippen LogP contribution in [-0.2, 0) is 10.0 Å². The van der Waals surface area contributed by atoms with Crippen LogP contribution in [0.25, 0.3) is 0 Å². The van der Waals surface area contributed by atoms with Crippen LogP contribution in [0.2, 0.25) is 0 Å². The highest BCUT2D eigenvalue weighted by Crippen LogP contribution is 2.21. The fourth-order valence-corrected chi connectivity index (χ4v) is 3.48. The Kier molecular flexibility index (Phi) is 5.48. The van der Waals surface area contributed by atoms with Crippen molar-refractivity contribution in [1.29, 1.82) is 0 Å². The minimum Gasteiger partial charge on any atom is -0.477 e. The molecule has 0 spiro atoms. The summed E-state index contributed by atoms with van der Waals surface area (Å²) in [6.07, 6.45) is 0. The highest BCUT2D eigenvalue weighted by molar-refractivity contribution is 7.91. The van der Waals surface area contributed by atoms with Gasteiger partial charge in [0.25, 0.3) is 0 Å². The zero-order valence-electron chi connectivity index (χ0n) is 11.1. The number of nitrogens with one attached hydrogen (secondary N) is 1. The maximum atomic E-state index is 11.9. The van der Waals surface area contributed by atoms with Crippen LogP contribution in [0.5, 0.6) is 0 Å². The lowest BCUT2D eigenvalue weighted by molar-refractivity contribution is 0.0702. The lowest BCUT2D eigenvalue weighted by atomic mass is 10.3. The number of hydrogen-bond acceptors (Lipinski definition) is 5. The van der Waals surface area contributed by atoms with Crippen molar-refractivity contribution >= 4 is 27.3 Å². The van der Waals surface area contributed by atoms with E-state index in [0.29, 0.717) is 12.6 Å². The number of carboxylic acid groups (broad SMARTS) is 1. The summed E-state index contributed by atoms with van der Waals surface area (Å²) >= 11 is 0.749. The van der Waals surface area contributed by atoms with Crippen LogP contribution in [0.3, 0.4) is 0 Å². The summed E-state index contributed by atoms with van der Waals surface area (Å²) in [4.78, 5) is 12.7. The second-order valence-corrected chi connectivity index (χ2v) is 7.47. The molecule has 8 heteroatoms. The van der Waals surface area contributed by atoms with E-state index < -0.39 is 16.0 Å². The second kappa shape index (κ2) is 6.47. The summed E-state index contributed by atoms with van der Waals surface area (Å²) in [7, 11) is -1.71. The van der Waals surface area contributed by atoms with Gasteiger partial charge in [0.1, 0.15) is 9.09 Å². The summed E-state index contributed by atoms with van der Waals surface area (Å²) < 4.78 is 26.3. The van der Waals surface area contributed by atoms with Crippen molar-refractivity contribution in [3.05, 3.63) is 17.0 Å². The first kappa shape index (κ1) is 16.1. The average molecular weight is 306 g/mol. The molecule has 0 unspecified atom stereocenters. The predicted molar refractivity (Wildman–Crippen MR) is 74.2 cm³/mol. The number of likely N-dealkylation sites (N-methyl/N-ethyl adjacent to an activating group) is 1. The molecule has 0 aliphatic rings. The van der Waals surface area contributed by atoms with Crippen LogP contribution >= 0.6 is 11.3 Å². The van der Waals surface area contributed by atoms with Gasteiger partial charge >= 0.3 is 5.97 Å². The van der Waals surface area contributed by atoms with Gasteiger partial charge in [-0.25, -0.2) is 17.9 Å². The number of carboxylic acids is 1. The molecule has 0 aliphatic carbocycles. The highest BCUT2D eigenvalue weighted by Gasteiger charge is 2.18. The molecular formula is C11H18N2O4S2. The number of thiophene rings is 1. The smallest absolute Gasteiger partial charge is 0.345 e. The van der Waals surface area contributed by atoms with E-state index in [1.807, 2.05) is 25.8 Å². The van der Waals surface area contributed by atoms with Crippen LogP contribution in [0.4, 0.5) is 0 Å². The van der Waals surface area contributed by atoms with E-state index in [-0.39, 0.29) is 15.6 Å². The molecule has 1 rings (SSSR count). The summed E-state index contributed by atoms with van der Waals surface area (Å²) in [6, 6.07) is 2.94. The molecule has 0 aromatic carbocycles. The third-order valence-corrected chi connectivity index (χ3v) is 5.72. The van der Waals surface area contributed by atoms with E-state index in [1.165, 1.54) is 12.1 Å². The van der Waals surface area contributed by atoms with E-state index >= 15 is 0 Å². The Hall–Kier alpha value is -0.960. The Balaban J connectivity index is 2.63. The lowest BCUT2D eigenvalue weighted by Crippen LogP contribution is -2.35. The van der Waals surface area contributed by atoms with E-state index in [1.54, 1.807) is 0 Å². The monoisotopic (exact) mass is 306 g/mol. The topological polar surface area (TPSA) is 86.7 Å². The highest BCUT2D eigenvalue weighted by atomic mass is 32.2. The van der Waals surface area contributed by atoms with E-state index in [9.17, 15) is 13.2 Å². The Morgan fingerprint density at radius 3 is 2.58 bits per heavy atom. The summed E-state index contributed by atoms with van der Waals surface area (Å²) in [6.45, 7) is 4.92. The van der Waals surface area contributed by atoms with Gasteiger partial charge in [-0.2, -0.15) is 0 Å². The molecule has 0 saturated carbocycles. The Bertz CT molecular complexity index is 537. The molecule has 0 amide bonds. The number of carbonyl (C=O) groups is 1. The third kappa shape index (κ3) is 4.57. The van der Waals surface area contributed by atoms with Crippen molar-refractivity contribution in [3.63, 3.8) is 0 Å². The largest absolute Gasteiger partial charge is 0.477 e. The van der Waals surface area contributed by atoms with Gasteiger partial charge in [-0.05, 0) is 33.0 Å². The van der Waals surface area contributed by atoms with Crippen molar-refractivity contribution in [2.45, 2.75) is 24.1 Å². The Morgan fingerprint density at radius 2 is 2.11 bits per heavy atom. The van der Waals surface area contributed by atoms with Crippen LogP contribution in [0.15, 0.2) is 16.3 Å². The second-order valence-electron chi connectivity index (χ2n) is 4.40. The predicted octanol–water partition coefficient (Wildman–Crippen LogP) is 1.06. The zero-order valence-corrected chi connectivity index (χ0v) is 12.7. The van der Waals surface area contributed by atoms with Gasteiger partial charge in [0.15, 0.2) is 0 Å². The van der Waals surface area contributed by atoms with Gasteiger partial charge in [0.2, 0.25) is 10.0 Å². The molecule has 0 atom stereocenters. The molecule has 19 heavy (non-hydrogen) atoms. The van der Waals surface area contributed by atoms with Crippen molar-refractivity contribution in [2.24, 2.45) is 0 Å². The number of sulfonamides is 1. The summed E-state index contributed by atoms with van der Waals surface area (Å²) in [5, 5.41) is 8.76. The van der Waals surface area contributed by atoms with E-state index in [2.05, 4.69) is 4.72 Å². The molecule has 1 aromatic heterocycles. The van der Waals surface area contributed by atoms with Gasteiger partial charge in [-0.1, -0.05) is 0 Å². The van der Waals surface area contributed by atoms with Crippen molar-refractivity contribution < 1.29 is 18.3 Å². The van der Waals surface area contributed by atoms with Gasteiger partial charge in [-0.3, -0.25) is 0 Å². The van der Waals surface area contributed by atoms with Gasteiger partial charge < -0.3 is 10.0 Å². The molecule has 0 radical (unpaired) electrons. The third-order valence-electron chi connectivity index (χ3n) is 2.70. The van der Waals surface area contributed by atoms with Crippen LogP contribution < -0.4 is 4.72 Å². The molecule has 2 N–H and O–H groups in total. The Morgan fingerprint density at radius 1 is 1.47 bits per heavy atom. The van der Waals surface area contributed by atoms with Crippen LogP contribution in [0.1, 0.15) is 23.5 Å². The number of nitrogens with zero attached hydrogens (tertiary/aromatic N) is 1. The molecule has 108 valence electrons. The lowest BCUT2D eigenvalue weighted by Gasteiger charge is -2.20. The molecule has 0 fully saturated rings. The van der Waals surface area contributed by atoms with Gasteiger partial charge in [0, 0.05) is 19.1 Å². The quantitative estimate of drug-likeness (QED) is 0.787. The number of hydrogen-bond donors (Lipinski definition) is 2. The maximum absolute atomic E-state index is 11.9. The molecule has 0 bridgehead atoms. The fourth-order valence-electron chi connectivity index (χ4n) is 1.27. The Labute approximate surface area is 117 Å². The van der Waals surface area contributed by atoms with Crippen molar-refractivity contribution in [1.82, 2.24) is 9.62 Å². The van der Waals surface area contributed by atoms with Crippen molar-refractivity contribution in [2.75, 3.05) is 20.1 Å². The zero-order chi connectivity index (χ0) is 14.6.